The van der Waals surface area contributed by atoms with Crippen LogP contribution in [0, 0.1) is 0 Å². The van der Waals surface area contributed by atoms with Crippen molar-refractivity contribution in [3.63, 3.8) is 0 Å². The van der Waals surface area contributed by atoms with Crippen molar-refractivity contribution >= 4 is 23.5 Å². The van der Waals surface area contributed by atoms with E-state index in [1.165, 1.54) is 24.3 Å². The molecule has 2 aliphatic heterocycles. The van der Waals surface area contributed by atoms with Gasteiger partial charge in [-0.15, -0.1) is 13.2 Å². The minimum Gasteiger partial charge on any atom is -0.406 e. The Kier molecular flexibility index (Phi) is 6.00. The van der Waals surface area contributed by atoms with Crippen LogP contribution in [-0.2, 0) is 11.2 Å². The second kappa shape index (κ2) is 8.68. The van der Waals surface area contributed by atoms with E-state index in [0.717, 1.165) is 17.0 Å². The molecule has 2 aliphatic rings. The van der Waals surface area contributed by atoms with Gasteiger partial charge in [-0.1, -0.05) is 12.6 Å². The largest absolute Gasteiger partial charge is 0.573 e. The highest BCUT2D eigenvalue weighted by atomic mass is 19.4. The number of amides is 3. The summed E-state index contributed by atoms with van der Waals surface area (Å²) in [5.41, 5.74) is 0.376. The van der Waals surface area contributed by atoms with Crippen LogP contribution in [-0.4, -0.2) is 40.3 Å². The van der Waals surface area contributed by atoms with Gasteiger partial charge in [-0.3, -0.25) is 24.1 Å². The fourth-order valence-corrected chi connectivity index (χ4v) is 4.22. The molecule has 0 bridgehead atoms. The van der Waals surface area contributed by atoms with E-state index in [9.17, 15) is 32.3 Å². The number of imide groups is 1. The van der Waals surface area contributed by atoms with Gasteiger partial charge in [-0.25, -0.2) is 0 Å². The number of carbonyl (C=O) groups is 4. The standard InChI is InChI=1S/C25H21F3N2O5/c1-14-11-12-24(2,23(34)29-14)30-21(32)18-9-3-15(13-19(18)22(30)33)4-10-20(31)16-5-7-17(8-6-16)35-25(26,27)28/h3,5-9,13H,1,4,10-12H2,2H3,(H,29,34)/t24-/m0/s1. The lowest BCUT2D eigenvalue weighted by Crippen LogP contribution is -2.60. The molecule has 7 nitrogen and oxygen atoms in total. The summed E-state index contributed by atoms with van der Waals surface area (Å²) in [6.45, 7) is 5.26. The molecule has 2 aromatic carbocycles. The van der Waals surface area contributed by atoms with Crippen LogP contribution in [0.5, 0.6) is 5.75 Å². The predicted molar refractivity (Wildman–Crippen MR) is 118 cm³/mol. The predicted octanol–water partition coefficient (Wildman–Crippen LogP) is 4.18. The number of aryl methyl sites for hydroxylation is 1. The van der Waals surface area contributed by atoms with E-state index < -0.39 is 35.4 Å². The average molecular weight is 486 g/mol. The van der Waals surface area contributed by atoms with Crippen molar-refractivity contribution in [1.29, 1.82) is 0 Å². The van der Waals surface area contributed by atoms with Crippen molar-refractivity contribution in [1.82, 2.24) is 10.2 Å². The first-order chi connectivity index (χ1) is 16.4. The number of ketones is 1. The zero-order valence-corrected chi connectivity index (χ0v) is 18.7. The van der Waals surface area contributed by atoms with E-state index in [1.54, 1.807) is 13.0 Å². The van der Waals surface area contributed by atoms with Crippen molar-refractivity contribution in [2.24, 2.45) is 0 Å². The number of rotatable bonds is 6. The molecular formula is C25H21F3N2O5. The minimum atomic E-state index is -4.82. The molecular weight excluding hydrogens is 465 g/mol. The number of hydrogen-bond donors (Lipinski definition) is 1. The lowest BCUT2D eigenvalue weighted by molar-refractivity contribution is -0.274. The van der Waals surface area contributed by atoms with E-state index >= 15 is 0 Å². The second-order valence-electron chi connectivity index (χ2n) is 8.65. The normalized spacial score (nSPS) is 20.1. The van der Waals surface area contributed by atoms with E-state index in [2.05, 4.69) is 16.6 Å². The summed E-state index contributed by atoms with van der Waals surface area (Å²) in [6.07, 6.45) is -3.85. The van der Waals surface area contributed by atoms with Gasteiger partial charge in [0.05, 0.1) is 11.1 Å². The van der Waals surface area contributed by atoms with Crippen LogP contribution in [0.4, 0.5) is 13.2 Å². The lowest BCUT2D eigenvalue weighted by Gasteiger charge is -2.39. The Balaban J connectivity index is 1.45. The molecule has 2 aromatic rings. The number of fused-ring (bicyclic) bond motifs is 1. The fourth-order valence-electron chi connectivity index (χ4n) is 4.22. The molecule has 0 saturated carbocycles. The topological polar surface area (TPSA) is 92.8 Å². The highest BCUT2D eigenvalue weighted by molar-refractivity contribution is 6.23. The Bertz CT molecular complexity index is 1250. The summed E-state index contributed by atoms with van der Waals surface area (Å²) in [6, 6.07) is 9.28. The Morgan fingerprint density at radius 1 is 1.09 bits per heavy atom. The van der Waals surface area contributed by atoms with E-state index in [-0.39, 0.29) is 41.7 Å². The quantitative estimate of drug-likeness (QED) is 0.489. The summed E-state index contributed by atoms with van der Waals surface area (Å²) in [5.74, 6) is -2.34. The highest BCUT2D eigenvalue weighted by Crippen LogP contribution is 2.35. The van der Waals surface area contributed by atoms with E-state index in [0.29, 0.717) is 17.7 Å². The molecule has 1 atom stereocenters. The molecule has 182 valence electrons. The molecule has 0 aromatic heterocycles. The van der Waals surface area contributed by atoms with Crippen LogP contribution < -0.4 is 10.1 Å². The number of halogens is 3. The highest BCUT2D eigenvalue weighted by Gasteiger charge is 2.51. The van der Waals surface area contributed by atoms with Gasteiger partial charge in [-0.2, -0.15) is 0 Å². The van der Waals surface area contributed by atoms with Crippen molar-refractivity contribution in [2.75, 3.05) is 0 Å². The van der Waals surface area contributed by atoms with Crippen LogP contribution >= 0.6 is 0 Å². The molecule has 4 rings (SSSR count). The molecule has 35 heavy (non-hydrogen) atoms. The summed E-state index contributed by atoms with van der Waals surface area (Å²) in [4.78, 5) is 52.2. The van der Waals surface area contributed by atoms with Gasteiger partial charge in [0.1, 0.15) is 11.3 Å². The third kappa shape index (κ3) is 4.68. The van der Waals surface area contributed by atoms with Crippen molar-refractivity contribution in [2.45, 2.75) is 44.5 Å². The number of nitrogens with zero attached hydrogens (tertiary/aromatic N) is 1. The van der Waals surface area contributed by atoms with Crippen LogP contribution in [0.15, 0.2) is 54.7 Å². The summed E-state index contributed by atoms with van der Waals surface area (Å²) >= 11 is 0. The molecule has 0 unspecified atom stereocenters. The molecule has 1 N–H and O–H groups in total. The molecule has 1 saturated heterocycles. The van der Waals surface area contributed by atoms with Gasteiger partial charge >= 0.3 is 6.36 Å². The summed E-state index contributed by atoms with van der Waals surface area (Å²) < 4.78 is 40.6. The van der Waals surface area contributed by atoms with Crippen LogP contribution in [0.2, 0.25) is 0 Å². The van der Waals surface area contributed by atoms with Crippen LogP contribution in [0.25, 0.3) is 0 Å². The van der Waals surface area contributed by atoms with Gasteiger partial charge in [0, 0.05) is 17.7 Å². The monoisotopic (exact) mass is 486 g/mol. The Hall–Kier alpha value is -3.95. The second-order valence-corrected chi connectivity index (χ2v) is 8.65. The number of benzene rings is 2. The zero-order chi connectivity index (χ0) is 25.5. The first-order valence-corrected chi connectivity index (χ1v) is 10.8. The Morgan fingerprint density at radius 3 is 2.37 bits per heavy atom. The van der Waals surface area contributed by atoms with Crippen molar-refractivity contribution < 1.29 is 37.1 Å². The maximum Gasteiger partial charge on any atom is 0.573 e. The van der Waals surface area contributed by atoms with Gasteiger partial charge in [-0.05, 0) is 68.1 Å². The molecule has 0 spiro atoms. The minimum absolute atomic E-state index is 0.0341. The maximum atomic E-state index is 13.1. The van der Waals surface area contributed by atoms with Gasteiger partial charge in [0.15, 0.2) is 5.78 Å². The smallest absolute Gasteiger partial charge is 0.406 e. The number of alkyl halides is 3. The van der Waals surface area contributed by atoms with E-state index in [1.807, 2.05) is 0 Å². The molecule has 10 heteroatoms. The molecule has 0 aliphatic carbocycles. The van der Waals surface area contributed by atoms with Crippen molar-refractivity contribution in [3.8, 4) is 5.75 Å². The van der Waals surface area contributed by atoms with Crippen LogP contribution in [0.1, 0.15) is 62.8 Å². The number of nitrogens with one attached hydrogen (secondary N) is 1. The van der Waals surface area contributed by atoms with Crippen molar-refractivity contribution in [3.05, 3.63) is 77.0 Å². The number of carbonyl (C=O) groups excluding carboxylic acids is 4. The number of allylic oxidation sites excluding steroid dienone is 1. The first kappa shape index (κ1) is 24.2. The number of Topliss-reactive ketones (excluding diaryl/α,β-unsaturated/α-hetero) is 1. The number of hydrogen-bond acceptors (Lipinski definition) is 5. The summed E-state index contributed by atoms with van der Waals surface area (Å²) in [7, 11) is 0. The molecule has 2 heterocycles. The van der Waals surface area contributed by atoms with Gasteiger partial charge in [0.2, 0.25) is 5.91 Å². The summed E-state index contributed by atoms with van der Waals surface area (Å²) in [5, 5.41) is 2.61. The zero-order valence-electron chi connectivity index (χ0n) is 18.7. The third-order valence-corrected chi connectivity index (χ3v) is 6.19. The first-order valence-electron chi connectivity index (χ1n) is 10.8. The maximum absolute atomic E-state index is 13.1. The number of ether oxygens (including phenoxy) is 1. The average Bonchev–Trinajstić information content (AvgIpc) is 3.04. The van der Waals surface area contributed by atoms with Gasteiger partial charge in [0.25, 0.3) is 11.8 Å². The van der Waals surface area contributed by atoms with Gasteiger partial charge < -0.3 is 10.1 Å². The molecule has 3 amide bonds. The lowest BCUT2D eigenvalue weighted by atomic mass is 9.88. The molecule has 0 radical (unpaired) electrons. The SMILES string of the molecule is C=C1CC[C@](C)(N2C(=O)c3ccc(CCC(=O)c4ccc(OC(F)(F)F)cc4)cc3C2=O)C(=O)N1. The fraction of sp³-hybridized carbons (Fsp3) is 0.280. The number of piperidine rings is 1. The third-order valence-electron chi connectivity index (χ3n) is 6.19. The van der Waals surface area contributed by atoms with Crippen LogP contribution in [0.3, 0.4) is 0 Å². The Morgan fingerprint density at radius 2 is 1.74 bits per heavy atom. The Labute approximate surface area is 198 Å². The van der Waals surface area contributed by atoms with E-state index in [4.69, 9.17) is 0 Å². The molecule has 1 fully saturated rings.